The van der Waals surface area contributed by atoms with Crippen LogP contribution in [0.2, 0.25) is 5.15 Å². The summed E-state index contributed by atoms with van der Waals surface area (Å²) in [5.74, 6) is 0.184. The highest BCUT2D eigenvalue weighted by Gasteiger charge is 2.06. The molecule has 2 aromatic heterocycles. The van der Waals surface area contributed by atoms with E-state index in [1.54, 1.807) is 11.4 Å². The Morgan fingerprint density at radius 2 is 2.27 bits per heavy atom. The Kier molecular flexibility index (Phi) is 2.94. The zero-order valence-electron chi connectivity index (χ0n) is 7.48. The van der Waals surface area contributed by atoms with Gasteiger partial charge >= 0.3 is 0 Å². The van der Waals surface area contributed by atoms with Crippen LogP contribution in [0.15, 0.2) is 29.2 Å². The third kappa shape index (κ3) is 2.51. The number of hydrogen-bond donors (Lipinski definition) is 1. The summed E-state index contributed by atoms with van der Waals surface area (Å²) >= 11 is 7.03. The summed E-state index contributed by atoms with van der Waals surface area (Å²) in [5.41, 5.74) is 0.608. The maximum Gasteiger partial charge on any atom is 0.257 e. The van der Waals surface area contributed by atoms with Gasteiger partial charge in [-0.25, -0.2) is 9.97 Å². The van der Waals surface area contributed by atoms with Crippen molar-refractivity contribution < 1.29 is 4.79 Å². The molecule has 2 heterocycles. The second-order valence-electron chi connectivity index (χ2n) is 2.69. The zero-order chi connectivity index (χ0) is 10.7. The number of anilines is 1. The number of carbonyl (C=O) groups excluding carboxylic acids is 1. The number of amides is 1. The molecule has 0 aliphatic rings. The van der Waals surface area contributed by atoms with Crippen LogP contribution in [0.3, 0.4) is 0 Å². The van der Waals surface area contributed by atoms with Crippen LogP contribution in [0.1, 0.15) is 10.4 Å². The van der Waals surface area contributed by atoms with Gasteiger partial charge in [-0.2, -0.15) is 11.3 Å². The molecule has 0 saturated heterocycles. The second-order valence-corrected chi connectivity index (χ2v) is 3.86. The lowest BCUT2D eigenvalue weighted by atomic mass is 10.3. The van der Waals surface area contributed by atoms with Gasteiger partial charge in [0, 0.05) is 5.38 Å². The minimum absolute atomic E-state index is 0.201. The topological polar surface area (TPSA) is 54.9 Å². The predicted molar refractivity (Wildman–Crippen MR) is 59.3 cm³/mol. The summed E-state index contributed by atoms with van der Waals surface area (Å²) in [6.45, 7) is 0. The van der Waals surface area contributed by atoms with Gasteiger partial charge in [0.25, 0.3) is 5.91 Å². The first-order valence-electron chi connectivity index (χ1n) is 4.07. The molecule has 6 heteroatoms. The Bertz CT molecular complexity index is 455. The molecule has 2 rings (SSSR count). The fraction of sp³-hybridized carbons (Fsp3) is 0. The van der Waals surface area contributed by atoms with Crippen molar-refractivity contribution in [3.63, 3.8) is 0 Å². The first-order chi connectivity index (χ1) is 7.25. The van der Waals surface area contributed by atoms with Gasteiger partial charge in [-0.15, -0.1) is 0 Å². The van der Waals surface area contributed by atoms with Gasteiger partial charge in [0.05, 0.1) is 18.0 Å². The number of thiophene rings is 1. The van der Waals surface area contributed by atoms with Gasteiger partial charge in [0.15, 0.2) is 5.82 Å². The number of aromatic nitrogens is 2. The van der Waals surface area contributed by atoms with Gasteiger partial charge in [-0.05, 0) is 11.4 Å². The highest BCUT2D eigenvalue weighted by molar-refractivity contribution is 7.08. The van der Waals surface area contributed by atoms with Gasteiger partial charge in [0.1, 0.15) is 5.15 Å². The van der Waals surface area contributed by atoms with E-state index in [0.717, 1.165) is 0 Å². The SMILES string of the molecule is O=C(Nc1cnc(Cl)cn1)c1ccsc1. The highest BCUT2D eigenvalue weighted by atomic mass is 35.5. The molecule has 0 atom stereocenters. The molecule has 2 aromatic rings. The Morgan fingerprint density at radius 1 is 1.40 bits per heavy atom. The molecule has 0 radical (unpaired) electrons. The second kappa shape index (κ2) is 4.37. The molecule has 0 aliphatic heterocycles. The quantitative estimate of drug-likeness (QED) is 0.876. The fourth-order valence-electron chi connectivity index (χ4n) is 0.959. The van der Waals surface area contributed by atoms with Crippen molar-refractivity contribution in [1.82, 2.24) is 9.97 Å². The van der Waals surface area contributed by atoms with Crippen LogP contribution in [0.4, 0.5) is 5.82 Å². The summed E-state index contributed by atoms with van der Waals surface area (Å²) in [6.07, 6.45) is 2.79. The molecule has 76 valence electrons. The van der Waals surface area contributed by atoms with Gasteiger partial charge in [0.2, 0.25) is 0 Å². The highest BCUT2D eigenvalue weighted by Crippen LogP contribution is 2.10. The van der Waals surface area contributed by atoms with Crippen molar-refractivity contribution in [3.8, 4) is 0 Å². The molecule has 0 saturated carbocycles. The Hall–Kier alpha value is -1.46. The normalized spacial score (nSPS) is 9.93. The van der Waals surface area contributed by atoms with Crippen LogP contribution in [0, 0.1) is 0 Å². The predicted octanol–water partition coefficient (Wildman–Crippen LogP) is 2.44. The average molecular weight is 240 g/mol. The van der Waals surface area contributed by atoms with Crippen LogP contribution in [0.25, 0.3) is 0 Å². The summed E-state index contributed by atoms with van der Waals surface area (Å²) in [6, 6.07) is 1.74. The van der Waals surface area contributed by atoms with E-state index < -0.39 is 0 Å². The van der Waals surface area contributed by atoms with Crippen LogP contribution in [-0.4, -0.2) is 15.9 Å². The molecule has 0 bridgehead atoms. The number of hydrogen-bond acceptors (Lipinski definition) is 4. The molecular formula is C9H6ClN3OS. The Morgan fingerprint density at radius 3 is 2.87 bits per heavy atom. The summed E-state index contributed by atoms with van der Waals surface area (Å²) in [4.78, 5) is 19.3. The van der Waals surface area contributed by atoms with E-state index in [-0.39, 0.29) is 5.91 Å². The van der Waals surface area contributed by atoms with E-state index in [2.05, 4.69) is 15.3 Å². The Labute approximate surface area is 94.9 Å². The third-order valence-corrected chi connectivity index (χ3v) is 2.52. The standard InChI is InChI=1S/C9H6ClN3OS/c10-7-3-12-8(4-11-7)13-9(14)6-1-2-15-5-6/h1-5H,(H,12,13,14). The first-order valence-corrected chi connectivity index (χ1v) is 5.39. The van der Waals surface area contributed by atoms with E-state index in [1.165, 1.54) is 23.7 Å². The number of carbonyl (C=O) groups is 1. The van der Waals surface area contributed by atoms with Crippen molar-refractivity contribution >= 4 is 34.7 Å². The van der Waals surface area contributed by atoms with E-state index >= 15 is 0 Å². The van der Waals surface area contributed by atoms with Crippen LogP contribution in [-0.2, 0) is 0 Å². The molecular weight excluding hydrogens is 234 g/mol. The van der Waals surface area contributed by atoms with E-state index in [4.69, 9.17) is 11.6 Å². The van der Waals surface area contributed by atoms with Crippen molar-refractivity contribution in [1.29, 1.82) is 0 Å². The number of nitrogens with zero attached hydrogens (tertiary/aromatic N) is 2. The molecule has 0 unspecified atom stereocenters. The van der Waals surface area contributed by atoms with Gasteiger partial charge in [-0.3, -0.25) is 4.79 Å². The van der Waals surface area contributed by atoms with E-state index in [0.29, 0.717) is 16.5 Å². The lowest BCUT2D eigenvalue weighted by Crippen LogP contribution is -2.11. The number of halogens is 1. The number of nitrogens with one attached hydrogen (secondary N) is 1. The van der Waals surface area contributed by atoms with Gasteiger partial charge in [-0.1, -0.05) is 11.6 Å². The Balaban J connectivity index is 2.09. The molecule has 0 aromatic carbocycles. The lowest BCUT2D eigenvalue weighted by molar-refractivity contribution is 0.102. The van der Waals surface area contributed by atoms with E-state index in [9.17, 15) is 4.79 Å². The summed E-state index contributed by atoms with van der Waals surface area (Å²) in [7, 11) is 0. The molecule has 1 amide bonds. The van der Waals surface area contributed by atoms with Crippen molar-refractivity contribution in [3.05, 3.63) is 39.9 Å². The average Bonchev–Trinajstić information content (AvgIpc) is 2.74. The third-order valence-electron chi connectivity index (χ3n) is 1.65. The molecule has 4 nitrogen and oxygen atoms in total. The van der Waals surface area contributed by atoms with Crippen molar-refractivity contribution in [2.45, 2.75) is 0 Å². The van der Waals surface area contributed by atoms with Crippen LogP contribution < -0.4 is 5.32 Å². The largest absolute Gasteiger partial charge is 0.305 e. The van der Waals surface area contributed by atoms with Crippen molar-refractivity contribution in [2.24, 2.45) is 0 Å². The van der Waals surface area contributed by atoms with Crippen LogP contribution >= 0.6 is 22.9 Å². The van der Waals surface area contributed by atoms with Crippen molar-refractivity contribution in [2.75, 3.05) is 5.32 Å². The molecule has 0 spiro atoms. The smallest absolute Gasteiger partial charge is 0.257 e. The number of rotatable bonds is 2. The minimum Gasteiger partial charge on any atom is -0.305 e. The monoisotopic (exact) mass is 239 g/mol. The fourth-order valence-corrected chi connectivity index (χ4v) is 1.69. The maximum atomic E-state index is 11.6. The van der Waals surface area contributed by atoms with E-state index in [1.807, 2.05) is 5.38 Å². The molecule has 0 fully saturated rings. The van der Waals surface area contributed by atoms with Crippen LogP contribution in [0.5, 0.6) is 0 Å². The molecule has 1 N–H and O–H groups in total. The molecule has 0 aliphatic carbocycles. The zero-order valence-corrected chi connectivity index (χ0v) is 9.05. The summed E-state index contributed by atoms with van der Waals surface area (Å²) < 4.78 is 0. The maximum absolute atomic E-state index is 11.6. The lowest BCUT2D eigenvalue weighted by Gasteiger charge is -2.01. The molecule has 15 heavy (non-hydrogen) atoms. The first kappa shape index (κ1) is 10.1. The van der Waals surface area contributed by atoms with Gasteiger partial charge < -0.3 is 5.32 Å². The summed E-state index contributed by atoms with van der Waals surface area (Å²) in [5, 5.41) is 6.50. The minimum atomic E-state index is -0.201.